The molecule has 1 N–H and O–H groups in total. The Kier molecular flexibility index (Phi) is 4.42. The van der Waals surface area contributed by atoms with Crippen LogP contribution in [0.2, 0.25) is 0 Å². The van der Waals surface area contributed by atoms with E-state index < -0.39 is 16.6 Å². The molecule has 1 aromatic heterocycles. The molecule has 0 amide bonds. The number of pyridine rings is 1. The van der Waals surface area contributed by atoms with Gasteiger partial charge >= 0.3 is 11.7 Å². The zero-order chi connectivity index (χ0) is 14.7. The van der Waals surface area contributed by atoms with Crippen molar-refractivity contribution < 1.29 is 14.8 Å². The zero-order valence-electron chi connectivity index (χ0n) is 11.3. The molecule has 0 aliphatic carbocycles. The molecule has 104 valence electrons. The molecule has 0 radical (unpaired) electrons. The molecule has 7 nitrogen and oxygen atoms in total. The highest BCUT2D eigenvalue weighted by Gasteiger charge is 2.23. The van der Waals surface area contributed by atoms with E-state index in [2.05, 4.69) is 4.98 Å². The fourth-order valence-electron chi connectivity index (χ4n) is 1.60. The predicted molar refractivity (Wildman–Crippen MR) is 70.6 cm³/mol. The number of nitro groups is 1. The second-order valence-corrected chi connectivity index (χ2v) is 4.72. The van der Waals surface area contributed by atoms with E-state index in [-0.39, 0.29) is 11.6 Å². The van der Waals surface area contributed by atoms with Gasteiger partial charge in [-0.15, -0.1) is 0 Å². The lowest BCUT2D eigenvalue weighted by Gasteiger charge is -2.28. The summed E-state index contributed by atoms with van der Waals surface area (Å²) in [5.74, 6) is -0.583. The largest absolute Gasteiger partial charge is 0.477 e. The van der Waals surface area contributed by atoms with Gasteiger partial charge in [-0.25, -0.2) is 9.78 Å². The molecule has 0 aliphatic heterocycles. The lowest BCUT2D eigenvalue weighted by molar-refractivity contribution is -0.385. The topological polar surface area (TPSA) is 96.6 Å². The number of carboxylic acid groups (broad SMARTS) is 1. The van der Waals surface area contributed by atoms with Gasteiger partial charge in [-0.05, 0) is 12.8 Å². The van der Waals surface area contributed by atoms with Crippen molar-refractivity contribution in [3.63, 3.8) is 0 Å². The number of carboxylic acids is 1. The molecule has 1 unspecified atom stereocenters. The Hall–Kier alpha value is -2.18. The summed E-state index contributed by atoms with van der Waals surface area (Å²) >= 11 is 0. The van der Waals surface area contributed by atoms with Crippen LogP contribution in [0.3, 0.4) is 0 Å². The Morgan fingerprint density at radius 1 is 1.47 bits per heavy atom. The number of nitrogens with zero attached hydrogens (tertiary/aromatic N) is 3. The normalized spacial score (nSPS) is 12.3. The van der Waals surface area contributed by atoms with Crippen molar-refractivity contribution in [1.82, 2.24) is 4.98 Å². The molecule has 0 saturated carbocycles. The van der Waals surface area contributed by atoms with Crippen molar-refractivity contribution in [2.24, 2.45) is 5.92 Å². The molecular weight excluding hydrogens is 250 g/mol. The molecule has 1 aromatic rings. The summed E-state index contributed by atoms with van der Waals surface area (Å²) in [6.45, 7) is 6.05. The minimum Gasteiger partial charge on any atom is -0.477 e. The van der Waals surface area contributed by atoms with Crippen LogP contribution in [-0.2, 0) is 0 Å². The third-order valence-electron chi connectivity index (χ3n) is 3.23. The Labute approximate surface area is 111 Å². The number of aromatic nitrogens is 1. The first-order chi connectivity index (χ1) is 8.75. The van der Waals surface area contributed by atoms with Crippen LogP contribution in [0, 0.1) is 16.0 Å². The fraction of sp³-hybridized carbons (Fsp3) is 0.500. The summed E-state index contributed by atoms with van der Waals surface area (Å²) in [6.07, 6.45) is 0.988. The standard InChI is InChI=1S/C12H17N3O4/c1-7(2)8(3)14(4)11-5-9(12(16)17)10(6-13-11)15(18)19/h5-8H,1-4H3,(H,16,17). The van der Waals surface area contributed by atoms with E-state index in [1.54, 1.807) is 11.9 Å². The van der Waals surface area contributed by atoms with Crippen LogP contribution in [-0.4, -0.2) is 34.1 Å². The maximum atomic E-state index is 11.1. The number of hydrogen-bond acceptors (Lipinski definition) is 5. The molecule has 1 heterocycles. The lowest BCUT2D eigenvalue weighted by atomic mass is 10.1. The van der Waals surface area contributed by atoms with Crippen LogP contribution in [0.1, 0.15) is 31.1 Å². The number of anilines is 1. The van der Waals surface area contributed by atoms with Gasteiger partial charge in [0.25, 0.3) is 0 Å². The summed E-state index contributed by atoms with van der Waals surface area (Å²) in [5, 5.41) is 19.8. The second kappa shape index (κ2) is 5.64. The van der Waals surface area contributed by atoms with Gasteiger partial charge in [0.1, 0.15) is 17.6 Å². The van der Waals surface area contributed by atoms with Crippen molar-refractivity contribution in [1.29, 1.82) is 0 Å². The first-order valence-corrected chi connectivity index (χ1v) is 5.86. The molecule has 0 saturated heterocycles. The van der Waals surface area contributed by atoms with Gasteiger partial charge in [-0.1, -0.05) is 13.8 Å². The van der Waals surface area contributed by atoms with E-state index in [1.807, 2.05) is 20.8 Å². The molecule has 1 atom stereocenters. The Morgan fingerprint density at radius 2 is 2.05 bits per heavy atom. The average Bonchev–Trinajstić information content (AvgIpc) is 2.35. The monoisotopic (exact) mass is 267 g/mol. The summed E-state index contributed by atoms with van der Waals surface area (Å²) in [5.41, 5.74) is -0.848. The maximum Gasteiger partial charge on any atom is 0.342 e. The minimum atomic E-state index is -1.33. The van der Waals surface area contributed by atoms with Gasteiger partial charge in [0, 0.05) is 19.2 Å². The van der Waals surface area contributed by atoms with Gasteiger partial charge in [-0.2, -0.15) is 0 Å². The number of aromatic carboxylic acids is 1. The van der Waals surface area contributed by atoms with Gasteiger partial charge in [0.15, 0.2) is 0 Å². The zero-order valence-corrected chi connectivity index (χ0v) is 11.3. The van der Waals surface area contributed by atoms with Crippen molar-refractivity contribution in [2.45, 2.75) is 26.8 Å². The summed E-state index contributed by atoms with van der Waals surface area (Å²) < 4.78 is 0. The summed E-state index contributed by atoms with van der Waals surface area (Å²) in [7, 11) is 1.78. The first kappa shape index (κ1) is 14.9. The SMILES string of the molecule is CC(C)C(C)N(C)c1cc(C(=O)O)c([N+](=O)[O-])cn1. The quantitative estimate of drug-likeness (QED) is 0.648. The van der Waals surface area contributed by atoms with Crippen molar-refractivity contribution in [2.75, 3.05) is 11.9 Å². The van der Waals surface area contributed by atoms with Crippen LogP contribution >= 0.6 is 0 Å². The molecule has 7 heteroatoms. The van der Waals surface area contributed by atoms with Crippen molar-refractivity contribution in [3.05, 3.63) is 27.9 Å². The van der Waals surface area contributed by atoms with E-state index in [0.29, 0.717) is 11.7 Å². The van der Waals surface area contributed by atoms with E-state index in [1.165, 1.54) is 6.07 Å². The maximum absolute atomic E-state index is 11.1. The van der Waals surface area contributed by atoms with Gasteiger partial charge in [0.2, 0.25) is 0 Å². The average molecular weight is 267 g/mol. The van der Waals surface area contributed by atoms with E-state index in [0.717, 1.165) is 6.20 Å². The Morgan fingerprint density at radius 3 is 2.47 bits per heavy atom. The number of hydrogen-bond donors (Lipinski definition) is 1. The summed E-state index contributed by atoms with van der Waals surface area (Å²) in [6, 6.07) is 1.37. The molecule has 0 spiro atoms. The third-order valence-corrected chi connectivity index (χ3v) is 3.23. The molecule has 0 aromatic carbocycles. The van der Waals surface area contributed by atoms with Crippen molar-refractivity contribution in [3.8, 4) is 0 Å². The van der Waals surface area contributed by atoms with Crippen LogP contribution in [0.5, 0.6) is 0 Å². The lowest BCUT2D eigenvalue weighted by Crippen LogP contribution is -2.33. The Bertz CT molecular complexity index is 502. The molecule has 1 rings (SSSR count). The number of rotatable bonds is 5. The first-order valence-electron chi connectivity index (χ1n) is 5.86. The third kappa shape index (κ3) is 3.18. The van der Waals surface area contributed by atoms with Crippen LogP contribution in [0.25, 0.3) is 0 Å². The molecular formula is C12H17N3O4. The molecule has 0 fully saturated rings. The second-order valence-electron chi connectivity index (χ2n) is 4.72. The van der Waals surface area contributed by atoms with Gasteiger partial charge in [0.05, 0.1) is 4.92 Å². The fourth-order valence-corrected chi connectivity index (χ4v) is 1.60. The van der Waals surface area contributed by atoms with Crippen LogP contribution in [0.15, 0.2) is 12.3 Å². The van der Waals surface area contributed by atoms with Gasteiger partial charge in [-0.3, -0.25) is 10.1 Å². The predicted octanol–water partition coefficient (Wildman–Crippen LogP) is 2.17. The highest BCUT2D eigenvalue weighted by atomic mass is 16.6. The molecule has 0 bridgehead atoms. The van der Waals surface area contributed by atoms with E-state index >= 15 is 0 Å². The van der Waals surface area contributed by atoms with Crippen molar-refractivity contribution >= 4 is 17.5 Å². The highest BCUT2D eigenvalue weighted by molar-refractivity contribution is 5.93. The highest BCUT2D eigenvalue weighted by Crippen LogP contribution is 2.24. The van der Waals surface area contributed by atoms with E-state index in [4.69, 9.17) is 5.11 Å². The minimum absolute atomic E-state index is 0.135. The van der Waals surface area contributed by atoms with E-state index in [9.17, 15) is 14.9 Å². The van der Waals surface area contributed by atoms with Crippen LogP contribution < -0.4 is 4.90 Å². The molecule has 19 heavy (non-hydrogen) atoms. The Balaban J connectivity index is 3.22. The van der Waals surface area contributed by atoms with Gasteiger partial charge < -0.3 is 10.0 Å². The van der Waals surface area contributed by atoms with Crippen LogP contribution in [0.4, 0.5) is 11.5 Å². The molecule has 0 aliphatic rings. The smallest absolute Gasteiger partial charge is 0.342 e. The number of carbonyl (C=O) groups is 1. The summed E-state index contributed by atoms with van der Waals surface area (Å²) in [4.78, 5) is 26.8.